The van der Waals surface area contributed by atoms with Gasteiger partial charge in [-0.1, -0.05) is 36.1 Å². The van der Waals surface area contributed by atoms with Gasteiger partial charge in [-0.25, -0.2) is 0 Å². The van der Waals surface area contributed by atoms with Crippen molar-refractivity contribution in [2.24, 2.45) is 0 Å². The Morgan fingerprint density at radius 1 is 1.25 bits per heavy atom. The summed E-state index contributed by atoms with van der Waals surface area (Å²) < 4.78 is 5.94. The molecular weight excluding hydrogens is 342 g/mol. The highest BCUT2D eigenvalue weighted by molar-refractivity contribution is 8.26. The molecule has 0 spiro atoms. The Hall–Kier alpha value is -1.72. The van der Waals surface area contributed by atoms with E-state index < -0.39 is 0 Å². The molecule has 0 bridgehead atoms. The fourth-order valence-corrected chi connectivity index (χ4v) is 3.87. The van der Waals surface area contributed by atoms with Crippen LogP contribution in [-0.4, -0.2) is 59.4 Å². The summed E-state index contributed by atoms with van der Waals surface area (Å²) in [4.78, 5) is 17.2. The SMILES string of the molecule is N#Cc1ccc(/C=C2/SC(=S)N(CCN3CCOCC3)C2=O)cc1. The van der Waals surface area contributed by atoms with Crippen molar-refractivity contribution in [1.29, 1.82) is 5.26 Å². The van der Waals surface area contributed by atoms with Crippen LogP contribution in [0.5, 0.6) is 0 Å². The number of benzene rings is 1. The molecule has 0 atom stereocenters. The standard InChI is InChI=1S/C17H17N3O2S2/c18-12-14-3-1-13(2-4-14)11-15-16(21)20(17(23)24-15)6-5-19-7-9-22-10-8-19/h1-4,11H,5-10H2/b15-11+. The molecule has 2 aliphatic heterocycles. The summed E-state index contributed by atoms with van der Waals surface area (Å²) in [5.74, 6) is -0.0392. The molecule has 0 saturated carbocycles. The number of morpholine rings is 1. The van der Waals surface area contributed by atoms with Gasteiger partial charge in [-0.2, -0.15) is 5.26 Å². The number of carbonyl (C=O) groups excluding carboxylic acids is 1. The van der Waals surface area contributed by atoms with Crippen molar-refractivity contribution in [3.63, 3.8) is 0 Å². The average molecular weight is 359 g/mol. The highest BCUT2D eigenvalue weighted by Crippen LogP contribution is 2.32. The predicted octanol–water partition coefficient (Wildman–Crippen LogP) is 2.09. The highest BCUT2D eigenvalue weighted by Gasteiger charge is 2.32. The lowest BCUT2D eigenvalue weighted by atomic mass is 10.1. The molecule has 2 heterocycles. The number of hydrogen-bond donors (Lipinski definition) is 0. The van der Waals surface area contributed by atoms with Crippen molar-refractivity contribution in [2.75, 3.05) is 39.4 Å². The number of thioether (sulfide) groups is 1. The molecule has 0 N–H and O–H groups in total. The largest absolute Gasteiger partial charge is 0.379 e. The molecule has 1 aromatic rings. The van der Waals surface area contributed by atoms with Gasteiger partial charge in [-0.05, 0) is 23.8 Å². The number of hydrogen-bond acceptors (Lipinski definition) is 6. The molecule has 2 aliphatic rings. The molecule has 124 valence electrons. The van der Waals surface area contributed by atoms with Crippen LogP contribution in [0.4, 0.5) is 0 Å². The van der Waals surface area contributed by atoms with E-state index in [1.807, 2.05) is 18.2 Å². The van der Waals surface area contributed by atoms with Crippen molar-refractivity contribution < 1.29 is 9.53 Å². The third-order valence-corrected chi connectivity index (χ3v) is 5.33. The maximum atomic E-state index is 12.6. The molecule has 0 unspecified atom stereocenters. The maximum absolute atomic E-state index is 12.6. The number of nitriles is 1. The number of nitrogens with zero attached hydrogens (tertiary/aromatic N) is 3. The minimum absolute atomic E-state index is 0.0392. The van der Waals surface area contributed by atoms with Gasteiger partial charge in [-0.3, -0.25) is 14.6 Å². The van der Waals surface area contributed by atoms with E-state index in [4.69, 9.17) is 22.2 Å². The van der Waals surface area contributed by atoms with Crippen molar-refractivity contribution >= 4 is 40.3 Å². The first-order chi connectivity index (χ1) is 11.7. The van der Waals surface area contributed by atoms with Crippen LogP contribution in [0.2, 0.25) is 0 Å². The number of ether oxygens (including phenoxy) is 1. The molecule has 0 radical (unpaired) electrons. The summed E-state index contributed by atoms with van der Waals surface area (Å²) in [5, 5.41) is 8.83. The summed E-state index contributed by atoms with van der Waals surface area (Å²) in [7, 11) is 0. The minimum Gasteiger partial charge on any atom is -0.379 e. The van der Waals surface area contributed by atoms with Crippen LogP contribution in [0, 0.1) is 11.3 Å². The van der Waals surface area contributed by atoms with Gasteiger partial charge in [0.1, 0.15) is 4.32 Å². The number of amides is 1. The molecule has 1 aromatic carbocycles. The van der Waals surface area contributed by atoms with Gasteiger partial charge in [0.25, 0.3) is 5.91 Å². The third kappa shape index (κ3) is 4.02. The van der Waals surface area contributed by atoms with Gasteiger partial charge in [0.2, 0.25) is 0 Å². The molecule has 3 rings (SSSR count). The topological polar surface area (TPSA) is 56.6 Å². The first-order valence-electron chi connectivity index (χ1n) is 7.73. The minimum atomic E-state index is -0.0392. The first kappa shape index (κ1) is 17.1. The predicted molar refractivity (Wildman–Crippen MR) is 98.3 cm³/mol. The number of rotatable bonds is 4. The van der Waals surface area contributed by atoms with E-state index in [9.17, 15) is 4.79 Å². The van der Waals surface area contributed by atoms with Crippen LogP contribution in [0.1, 0.15) is 11.1 Å². The molecule has 24 heavy (non-hydrogen) atoms. The average Bonchev–Trinajstić information content (AvgIpc) is 2.88. The van der Waals surface area contributed by atoms with Gasteiger partial charge in [0.05, 0.1) is 29.8 Å². The summed E-state index contributed by atoms with van der Waals surface area (Å²) >= 11 is 6.69. The van der Waals surface area contributed by atoms with Crippen molar-refractivity contribution in [3.05, 3.63) is 40.3 Å². The Labute approximate surface area is 150 Å². The smallest absolute Gasteiger partial charge is 0.266 e. The van der Waals surface area contributed by atoms with Crippen LogP contribution in [0.25, 0.3) is 6.08 Å². The number of carbonyl (C=O) groups is 1. The Bertz CT molecular complexity index is 704. The van der Waals surface area contributed by atoms with Gasteiger partial charge in [-0.15, -0.1) is 0 Å². The molecule has 1 amide bonds. The lowest BCUT2D eigenvalue weighted by molar-refractivity contribution is -0.122. The van der Waals surface area contributed by atoms with Gasteiger partial charge >= 0.3 is 0 Å². The molecule has 5 nitrogen and oxygen atoms in total. The van der Waals surface area contributed by atoms with Gasteiger partial charge < -0.3 is 4.74 Å². The zero-order chi connectivity index (χ0) is 16.9. The van der Waals surface area contributed by atoms with Crippen LogP contribution < -0.4 is 0 Å². The third-order valence-electron chi connectivity index (χ3n) is 3.95. The fourth-order valence-electron chi connectivity index (χ4n) is 2.56. The zero-order valence-corrected chi connectivity index (χ0v) is 14.7. The maximum Gasteiger partial charge on any atom is 0.266 e. The first-order valence-corrected chi connectivity index (χ1v) is 8.95. The lowest BCUT2D eigenvalue weighted by Gasteiger charge is -2.28. The summed E-state index contributed by atoms with van der Waals surface area (Å²) in [6.45, 7) is 4.70. The van der Waals surface area contributed by atoms with E-state index in [0.29, 0.717) is 21.3 Å². The van der Waals surface area contributed by atoms with Crippen LogP contribution in [0.15, 0.2) is 29.2 Å². The van der Waals surface area contributed by atoms with E-state index in [1.165, 1.54) is 11.8 Å². The van der Waals surface area contributed by atoms with Gasteiger partial charge in [0.15, 0.2) is 0 Å². The zero-order valence-electron chi connectivity index (χ0n) is 13.1. The summed E-state index contributed by atoms with van der Waals surface area (Å²) in [5.41, 5.74) is 1.49. The van der Waals surface area contributed by atoms with E-state index >= 15 is 0 Å². The fraction of sp³-hybridized carbons (Fsp3) is 0.353. The van der Waals surface area contributed by atoms with Crippen molar-refractivity contribution in [3.8, 4) is 6.07 Å². The van der Waals surface area contributed by atoms with Crippen LogP contribution in [0.3, 0.4) is 0 Å². The van der Waals surface area contributed by atoms with Gasteiger partial charge in [0, 0.05) is 26.2 Å². The molecule has 7 heteroatoms. The summed E-state index contributed by atoms with van der Waals surface area (Å²) in [6, 6.07) is 9.23. The lowest BCUT2D eigenvalue weighted by Crippen LogP contribution is -2.42. The second-order valence-electron chi connectivity index (χ2n) is 5.52. The van der Waals surface area contributed by atoms with E-state index in [2.05, 4.69) is 11.0 Å². The molecule has 0 aliphatic carbocycles. The second-order valence-corrected chi connectivity index (χ2v) is 7.20. The molecule has 0 aromatic heterocycles. The monoisotopic (exact) mass is 359 g/mol. The van der Waals surface area contributed by atoms with Crippen molar-refractivity contribution in [1.82, 2.24) is 9.80 Å². The van der Waals surface area contributed by atoms with E-state index in [0.717, 1.165) is 38.4 Å². The molecule has 2 fully saturated rings. The normalized spacial score (nSPS) is 20.6. The van der Waals surface area contributed by atoms with E-state index in [-0.39, 0.29) is 5.91 Å². The second kappa shape index (κ2) is 7.90. The van der Waals surface area contributed by atoms with E-state index in [1.54, 1.807) is 17.0 Å². The Balaban J connectivity index is 1.64. The van der Waals surface area contributed by atoms with Crippen LogP contribution in [-0.2, 0) is 9.53 Å². The Morgan fingerprint density at radius 3 is 2.62 bits per heavy atom. The molecular formula is C17H17N3O2S2. The number of thiocarbonyl (C=S) groups is 1. The quantitative estimate of drug-likeness (QED) is 0.606. The Kier molecular flexibility index (Phi) is 5.63. The molecule has 2 saturated heterocycles. The highest BCUT2D eigenvalue weighted by atomic mass is 32.2. The Morgan fingerprint density at radius 2 is 1.96 bits per heavy atom. The van der Waals surface area contributed by atoms with Crippen LogP contribution >= 0.6 is 24.0 Å². The summed E-state index contributed by atoms with van der Waals surface area (Å²) in [6.07, 6.45) is 1.83. The van der Waals surface area contributed by atoms with Crippen molar-refractivity contribution in [2.45, 2.75) is 0 Å².